The van der Waals surface area contributed by atoms with Gasteiger partial charge in [-0.15, -0.1) is 0 Å². The molecule has 16 heavy (non-hydrogen) atoms. The molecule has 0 aromatic carbocycles. The summed E-state index contributed by atoms with van der Waals surface area (Å²) in [7, 11) is 0. The molecule has 0 aliphatic carbocycles. The molecule has 2 aromatic rings. The molecule has 2 heterocycles. The standard InChI is InChI=1S/C11H13N3O2/c1-6-4-3-5-8-10(9(12)11(15)16)13-7(2)14(6)8/h3-5,9H,12H2,1-2H3,(H,15,16). The third-order valence-electron chi connectivity index (χ3n) is 2.61. The first-order valence-electron chi connectivity index (χ1n) is 4.95. The second-order valence-corrected chi connectivity index (χ2v) is 3.75. The molecule has 1 unspecified atom stereocenters. The Morgan fingerprint density at radius 1 is 1.50 bits per heavy atom. The van der Waals surface area contributed by atoms with Crippen LogP contribution < -0.4 is 5.73 Å². The molecule has 0 fully saturated rings. The summed E-state index contributed by atoms with van der Waals surface area (Å²) in [5, 5.41) is 8.90. The number of hydrogen-bond acceptors (Lipinski definition) is 3. The first-order valence-corrected chi connectivity index (χ1v) is 4.95. The quantitative estimate of drug-likeness (QED) is 0.790. The van der Waals surface area contributed by atoms with Gasteiger partial charge in [0.25, 0.3) is 0 Å². The lowest BCUT2D eigenvalue weighted by Crippen LogP contribution is -2.21. The first kappa shape index (κ1) is 10.6. The number of imidazole rings is 1. The lowest BCUT2D eigenvalue weighted by molar-refractivity contribution is -0.138. The second kappa shape index (κ2) is 3.61. The summed E-state index contributed by atoms with van der Waals surface area (Å²) in [6.07, 6.45) is 0. The van der Waals surface area contributed by atoms with Crippen molar-refractivity contribution in [3.63, 3.8) is 0 Å². The maximum atomic E-state index is 10.9. The number of nitrogens with two attached hydrogens (primary N) is 1. The SMILES string of the molecule is Cc1cccc2c(C(N)C(=O)O)nc(C)n12. The molecule has 0 radical (unpaired) electrons. The Labute approximate surface area is 92.5 Å². The molecule has 5 nitrogen and oxygen atoms in total. The highest BCUT2D eigenvalue weighted by atomic mass is 16.4. The third-order valence-corrected chi connectivity index (χ3v) is 2.61. The zero-order chi connectivity index (χ0) is 11.9. The number of carboxylic acids is 1. The van der Waals surface area contributed by atoms with E-state index in [9.17, 15) is 4.79 Å². The number of rotatable bonds is 2. The molecular formula is C11H13N3O2. The lowest BCUT2D eigenvalue weighted by atomic mass is 10.2. The first-order chi connectivity index (χ1) is 7.52. The average molecular weight is 219 g/mol. The second-order valence-electron chi connectivity index (χ2n) is 3.75. The summed E-state index contributed by atoms with van der Waals surface area (Å²) in [6, 6.07) is 4.55. The van der Waals surface area contributed by atoms with Gasteiger partial charge in [0.1, 0.15) is 11.9 Å². The van der Waals surface area contributed by atoms with E-state index in [2.05, 4.69) is 4.98 Å². The Kier molecular flexibility index (Phi) is 2.40. The van der Waals surface area contributed by atoms with Crippen LogP contribution in [-0.4, -0.2) is 20.5 Å². The van der Waals surface area contributed by atoms with Crippen molar-refractivity contribution in [2.24, 2.45) is 5.73 Å². The Hall–Kier alpha value is -1.88. The minimum Gasteiger partial charge on any atom is -0.480 e. The fourth-order valence-corrected chi connectivity index (χ4v) is 1.87. The molecule has 84 valence electrons. The summed E-state index contributed by atoms with van der Waals surface area (Å²) >= 11 is 0. The van der Waals surface area contributed by atoms with Crippen molar-refractivity contribution in [2.45, 2.75) is 19.9 Å². The Balaban J connectivity index is 2.73. The molecule has 3 N–H and O–H groups in total. The summed E-state index contributed by atoms with van der Waals surface area (Å²) < 4.78 is 1.90. The van der Waals surface area contributed by atoms with E-state index in [0.29, 0.717) is 5.69 Å². The number of carbonyl (C=O) groups is 1. The minimum absolute atomic E-state index is 0.411. The molecule has 2 aromatic heterocycles. The van der Waals surface area contributed by atoms with Gasteiger partial charge in [-0.05, 0) is 26.0 Å². The molecule has 0 aliphatic rings. The summed E-state index contributed by atoms with van der Waals surface area (Å²) in [5.74, 6) is -0.318. The number of aromatic nitrogens is 2. The topological polar surface area (TPSA) is 80.6 Å². The molecule has 0 saturated carbocycles. The number of aliphatic carboxylic acids is 1. The highest BCUT2D eigenvalue weighted by Crippen LogP contribution is 2.20. The van der Waals surface area contributed by atoms with Crippen LogP contribution in [0.3, 0.4) is 0 Å². The van der Waals surface area contributed by atoms with E-state index in [1.165, 1.54) is 0 Å². The Bertz CT molecular complexity index is 560. The van der Waals surface area contributed by atoms with Gasteiger partial charge in [-0.1, -0.05) is 6.07 Å². The summed E-state index contributed by atoms with van der Waals surface area (Å²) in [4.78, 5) is 15.1. The van der Waals surface area contributed by atoms with Gasteiger partial charge in [0.15, 0.2) is 0 Å². The van der Waals surface area contributed by atoms with Crippen LogP contribution in [0, 0.1) is 13.8 Å². The number of carboxylic acid groups (broad SMARTS) is 1. The van der Waals surface area contributed by atoms with Crippen LogP contribution in [0.4, 0.5) is 0 Å². The fourth-order valence-electron chi connectivity index (χ4n) is 1.87. The third kappa shape index (κ3) is 1.45. The zero-order valence-electron chi connectivity index (χ0n) is 9.14. The van der Waals surface area contributed by atoms with Gasteiger partial charge in [-0.3, -0.25) is 4.79 Å². The van der Waals surface area contributed by atoms with Crippen LogP contribution in [0.15, 0.2) is 18.2 Å². The maximum absolute atomic E-state index is 10.9. The van der Waals surface area contributed by atoms with Gasteiger partial charge < -0.3 is 15.2 Å². The van der Waals surface area contributed by atoms with Crippen LogP contribution in [0.5, 0.6) is 0 Å². The molecule has 0 amide bonds. The monoisotopic (exact) mass is 219 g/mol. The molecule has 2 rings (SSSR count). The van der Waals surface area contributed by atoms with Crippen LogP contribution in [0.1, 0.15) is 23.3 Å². The van der Waals surface area contributed by atoms with Crippen molar-refractivity contribution >= 4 is 11.5 Å². The largest absolute Gasteiger partial charge is 0.480 e. The maximum Gasteiger partial charge on any atom is 0.326 e. The zero-order valence-corrected chi connectivity index (χ0v) is 9.14. The van der Waals surface area contributed by atoms with Crippen molar-refractivity contribution in [1.29, 1.82) is 0 Å². The number of pyridine rings is 1. The van der Waals surface area contributed by atoms with Crippen LogP contribution in [0.25, 0.3) is 5.52 Å². The number of fused-ring (bicyclic) bond motifs is 1. The van der Waals surface area contributed by atoms with Crippen molar-refractivity contribution in [1.82, 2.24) is 9.38 Å². The lowest BCUT2D eigenvalue weighted by Gasteiger charge is -2.04. The molecule has 0 spiro atoms. The smallest absolute Gasteiger partial charge is 0.326 e. The van der Waals surface area contributed by atoms with E-state index in [-0.39, 0.29) is 0 Å². The highest BCUT2D eigenvalue weighted by molar-refractivity contribution is 5.78. The van der Waals surface area contributed by atoms with Crippen LogP contribution in [-0.2, 0) is 4.79 Å². The van der Waals surface area contributed by atoms with E-state index in [0.717, 1.165) is 17.0 Å². The molecule has 0 aliphatic heterocycles. The van der Waals surface area contributed by atoms with Crippen molar-refractivity contribution in [2.75, 3.05) is 0 Å². The van der Waals surface area contributed by atoms with Gasteiger partial charge in [0.2, 0.25) is 0 Å². The van der Waals surface area contributed by atoms with E-state index in [1.54, 1.807) is 0 Å². The van der Waals surface area contributed by atoms with Gasteiger partial charge in [0, 0.05) is 5.69 Å². The predicted octanol–water partition coefficient (Wildman–Crippen LogP) is 1.04. The Morgan fingerprint density at radius 2 is 2.19 bits per heavy atom. The van der Waals surface area contributed by atoms with Crippen molar-refractivity contribution < 1.29 is 9.90 Å². The van der Waals surface area contributed by atoms with E-state index in [4.69, 9.17) is 10.8 Å². The van der Waals surface area contributed by atoms with Gasteiger partial charge in [0.05, 0.1) is 11.2 Å². The van der Waals surface area contributed by atoms with E-state index >= 15 is 0 Å². The van der Waals surface area contributed by atoms with E-state index < -0.39 is 12.0 Å². The molecule has 0 bridgehead atoms. The van der Waals surface area contributed by atoms with Gasteiger partial charge in [-0.25, -0.2) is 4.98 Å². The average Bonchev–Trinajstić information content (AvgIpc) is 2.56. The van der Waals surface area contributed by atoms with E-state index in [1.807, 2.05) is 36.4 Å². The normalized spacial score (nSPS) is 12.9. The molecule has 5 heteroatoms. The van der Waals surface area contributed by atoms with Crippen molar-refractivity contribution in [3.05, 3.63) is 35.4 Å². The number of hydrogen-bond donors (Lipinski definition) is 2. The molecular weight excluding hydrogens is 206 g/mol. The van der Waals surface area contributed by atoms with Gasteiger partial charge >= 0.3 is 5.97 Å². The predicted molar refractivity (Wildman–Crippen MR) is 59.2 cm³/mol. The summed E-state index contributed by atoms with van der Waals surface area (Å²) in [5.41, 5.74) is 7.77. The van der Waals surface area contributed by atoms with Crippen molar-refractivity contribution in [3.8, 4) is 0 Å². The molecule has 1 atom stereocenters. The molecule has 0 saturated heterocycles. The highest BCUT2D eigenvalue weighted by Gasteiger charge is 2.21. The Morgan fingerprint density at radius 3 is 2.81 bits per heavy atom. The number of nitrogens with zero attached hydrogens (tertiary/aromatic N) is 2. The van der Waals surface area contributed by atoms with Crippen LogP contribution >= 0.6 is 0 Å². The van der Waals surface area contributed by atoms with Crippen LogP contribution in [0.2, 0.25) is 0 Å². The fraction of sp³-hybridized carbons (Fsp3) is 0.273. The summed E-state index contributed by atoms with van der Waals surface area (Å²) in [6.45, 7) is 3.77. The number of aryl methyl sites for hydroxylation is 2. The van der Waals surface area contributed by atoms with Gasteiger partial charge in [-0.2, -0.15) is 0 Å². The minimum atomic E-state index is -1.08.